The van der Waals surface area contributed by atoms with E-state index >= 15 is 0 Å². The highest BCUT2D eigenvalue weighted by atomic mass is 35.5. The normalized spacial score (nSPS) is 11.5. The summed E-state index contributed by atoms with van der Waals surface area (Å²) in [6.45, 7) is 5.92. The van der Waals surface area contributed by atoms with Crippen LogP contribution < -0.4 is 5.48 Å². The summed E-state index contributed by atoms with van der Waals surface area (Å²) in [5, 5.41) is 2.05. The van der Waals surface area contributed by atoms with E-state index in [4.69, 9.17) is 39.6 Å². The summed E-state index contributed by atoms with van der Waals surface area (Å²) >= 11 is 18.5. The largest absolute Gasteiger partial charge is 0.246 e. The van der Waals surface area contributed by atoms with Crippen molar-refractivity contribution in [2.24, 2.45) is 0 Å². The third-order valence-corrected chi connectivity index (χ3v) is 5.76. The Morgan fingerprint density at radius 2 is 0.909 bits per heavy atom. The topological polar surface area (TPSA) is 23.3 Å². The molecule has 0 unspecified atom stereocenters. The molecule has 0 fully saturated rings. The van der Waals surface area contributed by atoms with Crippen LogP contribution >= 0.6 is 34.8 Å². The molecule has 0 aliphatic carbocycles. The molecule has 4 aromatic carbocycles. The van der Waals surface area contributed by atoms with Crippen molar-refractivity contribution in [2.75, 3.05) is 0 Å². The second kappa shape index (κ2) is 9.79. The van der Waals surface area contributed by atoms with Crippen LogP contribution in [0.2, 0.25) is 15.1 Å². The lowest BCUT2D eigenvalue weighted by Gasteiger charge is -2.22. The molecule has 0 aliphatic heterocycles. The lowest BCUT2D eigenvalue weighted by atomic mass is 9.91. The zero-order valence-electron chi connectivity index (χ0n) is 18.6. The molecule has 0 atom stereocenters. The molecule has 0 amide bonds. The van der Waals surface area contributed by atoms with E-state index < -0.39 is 5.60 Å². The summed E-state index contributed by atoms with van der Waals surface area (Å²) in [7, 11) is 0. The highest BCUT2D eigenvalue weighted by Crippen LogP contribution is 2.42. The van der Waals surface area contributed by atoms with Crippen LogP contribution in [0.1, 0.15) is 20.8 Å². The van der Waals surface area contributed by atoms with Gasteiger partial charge in [0.1, 0.15) is 5.69 Å². The predicted molar refractivity (Wildman–Crippen MR) is 140 cm³/mol. The summed E-state index contributed by atoms with van der Waals surface area (Å²) in [4.78, 5) is 5.90. The SMILES string of the molecule is CC(C)(C)O[N]c1c(-c2ccc(Cl)cc2)cc(-c2ccc(Cl)cc2)cc1-c1ccc(Cl)cc1. The first-order valence-electron chi connectivity index (χ1n) is 10.5. The molecule has 0 saturated heterocycles. The first kappa shape index (κ1) is 23.7. The van der Waals surface area contributed by atoms with Crippen LogP contribution in [0.25, 0.3) is 33.4 Å². The van der Waals surface area contributed by atoms with Crippen LogP contribution in [-0.4, -0.2) is 5.60 Å². The van der Waals surface area contributed by atoms with Crippen molar-refractivity contribution in [1.82, 2.24) is 5.48 Å². The van der Waals surface area contributed by atoms with Gasteiger partial charge in [-0.3, -0.25) is 0 Å². The van der Waals surface area contributed by atoms with Crippen molar-refractivity contribution in [3.05, 3.63) is 100.0 Å². The molecule has 0 heterocycles. The van der Waals surface area contributed by atoms with E-state index in [1.54, 1.807) is 0 Å². The van der Waals surface area contributed by atoms with Gasteiger partial charge in [0, 0.05) is 26.2 Å². The zero-order chi connectivity index (χ0) is 23.6. The molecule has 0 saturated carbocycles. The molecule has 4 aromatic rings. The van der Waals surface area contributed by atoms with Crippen molar-refractivity contribution >= 4 is 40.5 Å². The minimum atomic E-state index is -0.441. The van der Waals surface area contributed by atoms with E-state index in [0.29, 0.717) is 15.1 Å². The van der Waals surface area contributed by atoms with Crippen LogP contribution in [0.5, 0.6) is 0 Å². The molecule has 0 spiro atoms. The van der Waals surface area contributed by atoms with Gasteiger partial charge in [0.05, 0.1) is 5.60 Å². The lowest BCUT2D eigenvalue weighted by molar-refractivity contribution is -0.0541. The van der Waals surface area contributed by atoms with Gasteiger partial charge < -0.3 is 0 Å². The smallest absolute Gasteiger partial charge is 0.106 e. The third kappa shape index (κ3) is 5.90. The zero-order valence-corrected chi connectivity index (χ0v) is 20.8. The second-order valence-electron chi connectivity index (χ2n) is 8.74. The quantitative estimate of drug-likeness (QED) is 0.253. The summed E-state index contributed by atoms with van der Waals surface area (Å²) in [5.41, 5.74) is 10.9. The maximum atomic E-state index is 6.17. The van der Waals surface area contributed by atoms with Gasteiger partial charge in [-0.2, -0.15) is 0 Å². The Labute approximate surface area is 210 Å². The third-order valence-electron chi connectivity index (χ3n) is 5.01. The molecule has 5 heteroatoms. The highest BCUT2D eigenvalue weighted by molar-refractivity contribution is 6.31. The first-order chi connectivity index (χ1) is 15.7. The number of rotatable bonds is 5. The fourth-order valence-electron chi connectivity index (χ4n) is 3.42. The molecule has 0 aromatic heterocycles. The maximum absolute atomic E-state index is 6.17. The Kier molecular flexibility index (Phi) is 7.02. The fourth-order valence-corrected chi connectivity index (χ4v) is 3.80. The molecule has 33 heavy (non-hydrogen) atoms. The highest BCUT2D eigenvalue weighted by Gasteiger charge is 2.20. The van der Waals surface area contributed by atoms with E-state index in [-0.39, 0.29) is 0 Å². The molecule has 4 rings (SSSR count). The van der Waals surface area contributed by atoms with E-state index in [2.05, 4.69) is 17.6 Å². The monoisotopic (exact) mass is 494 g/mol. The molecule has 0 bridgehead atoms. The van der Waals surface area contributed by atoms with Gasteiger partial charge in [-0.15, -0.1) is 5.48 Å². The molecule has 0 N–H and O–H groups in total. The van der Waals surface area contributed by atoms with Crippen molar-refractivity contribution in [1.29, 1.82) is 0 Å². The predicted octanol–water partition coefficient (Wildman–Crippen LogP) is 9.61. The molecule has 0 aliphatic rings. The number of hydrogen-bond acceptors (Lipinski definition) is 1. The Hall–Kier alpha value is -2.49. The Bertz CT molecular complexity index is 1180. The van der Waals surface area contributed by atoms with Gasteiger partial charge in [0.25, 0.3) is 0 Å². The minimum absolute atomic E-state index is 0.441. The number of benzene rings is 4. The average molecular weight is 496 g/mol. The average Bonchev–Trinajstić information content (AvgIpc) is 2.78. The minimum Gasteiger partial charge on any atom is -0.246 e. The second-order valence-corrected chi connectivity index (χ2v) is 10.0. The van der Waals surface area contributed by atoms with Gasteiger partial charge in [-0.25, -0.2) is 4.84 Å². The summed E-state index contributed by atoms with van der Waals surface area (Å²) in [6.07, 6.45) is 0. The Morgan fingerprint density at radius 3 is 1.27 bits per heavy atom. The maximum Gasteiger partial charge on any atom is 0.106 e. The van der Waals surface area contributed by atoms with Gasteiger partial charge in [0.2, 0.25) is 0 Å². The van der Waals surface area contributed by atoms with E-state index in [1.807, 2.05) is 93.6 Å². The summed E-state index contributed by atoms with van der Waals surface area (Å²) < 4.78 is 0. The molecule has 1 radical (unpaired) electrons. The summed E-state index contributed by atoms with van der Waals surface area (Å²) in [5.74, 6) is 0. The van der Waals surface area contributed by atoms with Gasteiger partial charge in [-0.05, 0) is 91.6 Å². The van der Waals surface area contributed by atoms with E-state index in [9.17, 15) is 0 Å². The molecular formula is C28H23Cl3NO. The molecule has 2 nitrogen and oxygen atoms in total. The van der Waals surface area contributed by atoms with Crippen molar-refractivity contribution < 1.29 is 4.84 Å². The fraction of sp³-hybridized carbons (Fsp3) is 0.143. The van der Waals surface area contributed by atoms with E-state index in [0.717, 1.165) is 39.1 Å². The van der Waals surface area contributed by atoms with Gasteiger partial charge in [0.15, 0.2) is 0 Å². The molecule has 167 valence electrons. The lowest BCUT2D eigenvalue weighted by Crippen LogP contribution is -2.22. The van der Waals surface area contributed by atoms with Crippen molar-refractivity contribution in [3.8, 4) is 33.4 Å². The van der Waals surface area contributed by atoms with Crippen molar-refractivity contribution in [3.63, 3.8) is 0 Å². The first-order valence-corrected chi connectivity index (χ1v) is 11.7. The van der Waals surface area contributed by atoms with Crippen molar-refractivity contribution in [2.45, 2.75) is 26.4 Å². The Morgan fingerprint density at radius 1 is 0.545 bits per heavy atom. The van der Waals surface area contributed by atoms with Crippen LogP contribution in [0, 0.1) is 0 Å². The van der Waals surface area contributed by atoms with Crippen LogP contribution in [0.15, 0.2) is 84.9 Å². The van der Waals surface area contributed by atoms with Gasteiger partial charge >= 0.3 is 0 Å². The standard InChI is InChI=1S/C28H23Cl3NO/c1-28(2,3)33-32-27-25(19-6-12-23(30)13-7-19)16-21(18-4-10-22(29)11-5-18)17-26(27)20-8-14-24(31)15-9-20/h4-17H,1-3H3. The number of nitrogens with zero attached hydrogens (tertiary/aromatic N) is 1. The molecular weight excluding hydrogens is 473 g/mol. The summed E-state index contributed by atoms with van der Waals surface area (Å²) in [6, 6.07) is 27.5. The van der Waals surface area contributed by atoms with Crippen LogP contribution in [0.4, 0.5) is 5.69 Å². The number of hydrogen-bond donors (Lipinski definition) is 0. The van der Waals surface area contributed by atoms with Crippen LogP contribution in [-0.2, 0) is 4.84 Å². The number of halogens is 3. The Balaban J connectivity index is 1.98. The van der Waals surface area contributed by atoms with Gasteiger partial charge in [-0.1, -0.05) is 71.2 Å². The van der Waals surface area contributed by atoms with Crippen LogP contribution in [0.3, 0.4) is 0 Å². The van der Waals surface area contributed by atoms with E-state index in [1.165, 1.54) is 0 Å².